The second-order valence-electron chi connectivity index (χ2n) is 9.72. The number of benzene rings is 1. The molecule has 1 saturated heterocycles. The fourth-order valence-electron chi connectivity index (χ4n) is 4.37. The third kappa shape index (κ3) is 10.9. The van der Waals surface area contributed by atoms with E-state index >= 15 is 0 Å². The van der Waals surface area contributed by atoms with Gasteiger partial charge in [0, 0.05) is 26.1 Å². The molecule has 38 heavy (non-hydrogen) atoms. The van der Waals surface area contributed by atoms with Crippen LogP contribution in [0.15, 0.2) is 24.3 Å². The first-order chi connectivity index (χ1) is 18.2. The molecule has 1 amide bonds. The van der Waals surface area contributed by atoms with Crippen LogP contribution in [0, 0.1) is 0 Å². The summed E-state index contributed by atoms with van der Waals surface area (Å²) >= 11 is 0. The molecule has 0 radical (unpaired) electrons. The van der Waals surface area contributed by atoms with E-state index in [-0.39, 0.29) is 19.7 Å². The zero-order valence-electron chi connectivity index (χ0n) is 22.9. The quantitative estimate of drug-likeness (QED) is 0.247. The van der Waals surface area contributed by atoms with Crippen molar-refractivity contribution in [1.29, 1.82) is 0 Å². The van der Waals surface area contributed by atoms with Crippen LogP contribution in [0.2, 0.25) is 0 Å². The summed E-state index contributed by atoms with van der Waals surface area (Å²) in [6, 6.07) is 6.75. The van der Waals surface area contributed by atoms with Gasteiger partial charge in [0.25, 0.3) is 0 Å². The molecule has 3 atom stereocenters. The van der Waals surface area contributed by atoms with Gasteiger partial charge in [-0.1, -0.05) is 57.9 Å². The van der Waals surface area contributed by atoms with E-state index in [0.29, 0.717) is 45.3 Å². The maximum atomic E-state index is 13.2. The van der Waals surface area contributed by atoms with E-state index in [4.69, 9.17) is 19.9 Å². The smallest absolute Gasteiger partial charge is 0.408 e. The van der Waals surface area contributed by atoms with Crippen molar-refractivity contribution in [3.63, 3.8) is 0 Å². The van der Waals surface area contributed by atoms with Gasteiger partial charge in [-0.25, -0.2) is 18.0 Å². The highest BCUT2D eigenvalue weighted by Gasteiger charge is 2.35. The minimum atomic E-state index is -3.71. The fourth-order valence-corrected chi connectivity index (χ4v) is 6.52. The van der Waals surface area contributed by atoms with Gasteiger partial charge < -0.3 is 30.6 Å². The van der Waals surface area contributed by atoms with Crippen LogP contribution < -0.4 is 16.4 Å². The van der Waals surface area contributed by atoms with E-state index in [2.05, 4.69) is 29.7 Å². The Balaban J connectivity index is 2.06. The van der Waals surface area contributed by atoms with Gasteiger partial charge in [-0.2, -0.15) is 0 Å². The number of carbonyl (C=O) groups excluding carboxylic acids is 2. The summed E-state index contributed by atoms with van der Waals surface area (Å²) in [5, 5.41) is 5.07. The standard InChI is InChI=1S/C27H45N3O7S/c1-4-8-24(9-5-2)38(33,34)19-25(30-27(32)37-22-12-13-35-18-22)26(31)36-23(15-28)17-29-16-21-11-7-10-20(6-3)14-21/h7,10-11,14,22-25,29H,4-6,8-9,12-13,15-19,28H2,1-3H3,(H,30,32)/t22-,23-,25-/m0/s1. The van der Waals surface area contributed by atoms with Crippen LogP contribution in [0.4, 0.5) is 4.79 Å². The van der Waals surface area contributed by atoms with Crippen molar-refractivity contribution in [2.45, 2.75) is 89.3 Å². The summed E-state index contributed by atoms with van der Waals surface area (Å²) in [6.45, 7) is 7.52. The zero-order valence-corrected chi connectivity index (χ0v) is 23.8. The first kappa shape index (κ1) is 32.0. The molecule has 1 aliphatic rings. The average Bonchev–Trinajstić information content (AvgIpc) is 3.40. The molecule has 0 aromatic heterocycles. The van der Waals surface area contributed by atoms with Crippen LogP contribution in [0.3, 0.4) is 0 Å². The minimum absolute atomic E-state index is 0.0331. The molecule has 10 nitrogen and oxygen atoms in total. The molecule has 4 N–H and O–H groups in total. The molecule has 1 heterocycles. The van der Waals surface area contributed by atoms with E-state index in [1.165, 1.54) is 5.56 Å². The number of nitrogens with one attached hydrogen (secondary N) is 2. The Kier molecular flexibility index (Phi) is 14.1. The van der Waals surface area contributed by atoms with Crippen LogP contribution in [0.1, 0.15) is 64.0 Å². The number of rotatable bonds is 17. The molecule has 1 aromatic rings. The van der Waals surface area contributed by atoms with Crippen LogP contribution in [0.5, 0.6) is 0 Å². The molecule has 216 valence electrons. The number of sulfone groups is 1. The van der Waals surface area contributed by atoms with Gasteiger partial charge in [-0.15, -0.1) is 0 Å². The third-order valence-electron chi connectivity index (χ3n) is 6.51. The van der Waals surface area contributed by atoms with Crippen molar-refractivity contribution in [1.82, 2.24) is 10.6 Å². The van der Waals surface area contributed by atoms with E-state index in [1.54, 1.807) is 0 Å². The van der Waals surface area contributed by atoms with Crippen molar-refractivity contribution in [2.75, 3.05) is 32.1 Å². The van der Waals surface area contributed by atoms with Crippen LogP contribution in [-0.4, -0.2) is 76.0 Å². The molecule has 0 aliphatic carbocycles. The summed E-state index contributed by atoms with van der Waals surface area (Å²) in [5.41, 5.74) is 8.16. The van der Waals surface area contributed by atoms with E-state index < -0.39 is 51.2 Å². The Morgan fingerprint density at radius 3 is 2.47 bits per heavy atom. The van der Waals surface area contributed by atoms with Crippen LogP contribution >= 0.6 is 0 Å². The lowest BCUT2D eigenvalue weighted by atomic mass is 10.1. The number of hydrogen-bond donors (Lipinski definition) is 3. The fraction of sp³-hybridized carbons (Fsp3) is 0.704. The van der Waals surface area contributed by atoms with E-state index in [0.717, 1.165) is 12.0 Å². The topological polar surface area (TPSA) is 146 Å². The van der Waals surface area contributed by atoms with Gasteiger partial charge in [-0.05, 0) is 30.4 Å². The number of aryl methyl sites for hydroxylation is 1. The zero-order chi connectivity index (χ0) is 28.0. The van der Waals surface area contributed by atoms with E-state index in [1.807, 2.05) is 26.0 Å². The largest absolute Gasteiger partial charge is 0.458 e. The molecule has 1 aliphatic heterocycles. The maximum absolute atomic E-state index is 13.2. The van der Waals surface area contributed by atoms with Crippen molar-refractivity contribution >= 4 is 21.9 Å². The van der Waals surface area contributed by atoms with Crippen LogP contribution in [0.25, 0.3) is 0 Å². The van der Waals surface area contributed by atoms with Gasteiger partial charge in [0.15, 0.2) is 9.84 Å². The predicted octanol–water partition coefficient (Wildman–Crippen LogP) is 2.48. The normalized spacial score (nSPS) is 17.2. The average molecular weight is 556 g/mol. The molecule has 11 heteroatoms. The lowest BCUT2D eigenvalue weighted by Crippen LogP contribution is -2.50. The van der Waals surface area contributed by atoms with Crippen molar-refractivity contribution in [3.8, 4) is 0 Å². The predicted molar refractivity (Wildman–Crippen MR) is 146 cm³/mol. The Labute approximate surface area is 227 Å². The third-order valence-corrected chi connectivity index (χ3v) is 8.80. The molecular formula is C27H45N3O7S. The minimum Gasteiger partial charge on any atom is -0.458 e. The highest BCUT2D eigenvalue weighted by molar-refractivity contribution is 7.92. The summed E-state index contributed by atoms with van der Waals surface area (Å²) < 4.78 is 42.6. The van der Waals surface area contributed by atoms with E-state index in [9.17, 15) is 18.0 Å². The number of esters is 1. The van der Waals surface area contributed by atoms with Crippen molar-refractivity contribution in [2.24, 2.45) is 5.73 Å². The highest BCUT2D eigenvalue weighted by Crippen LogP contribution is 2.18. The molecule has 0 bridgehead atoms. The maximum Gasteiger partial charge on any atom is 0.408 e. The molecule has 0 spiro atoms. The van der Waals surface area contributed by atoms with Crippen LogP contribution in [-0.2, 0) is 41.8 Å². The van der Waals surface area contributed by atoms with Gasteiger partial charge >= 0.3 is 12.1 Å². The molecule has 0 unspecified atom stereocenters. The molecular weight excluding hydrogens is 510 g/mol. The van der Waals surface area contributed by atoms with Gasteiger partial charge in [-0.3, -0.25) is 0 Å². The SMILES string of the molecule is CCCC(CCC)S(=O)(=O)C[C@H](NC(=O)O[C@H]1CCOC1)C(=O)O[C@@H](CN)CNCc1cccc(CC)c1. The monoisotopic (exact) mass is 555 g/mol. The first-order valence-corrected chi connectivity index (χ1v) is 15.4. The van der Waals surface area contributed by atoms with Gasteiger partial charge in [0.1, 0.15) is 18.2 Å². The number of nitrogens with two attached hydrogens (primary N) is 1. The second kappa shape index (κ2) is 16.7. The molecule has 2 rings (SSSR count). The molecule has 0 saturated carbocycles. The summed E-state index contributed by atoms with van der Waals surface area (Å²) in [6.07, 6.45) is 1.80. The lowest BCUT2D eigenvalue weighted by molar-refractivity contribution is -0.150. The molecule has 1 fully saturated rings. The van der Waals surface area contributed by atoms with Gasteiger partial charge in [0.05, 0.1) is 24.2 Å². The highest BCUT2D eigenvalue weighted by atomic mass is 32.2. The number of hydrogen-bond acceptors (Lipinski definition) is 9. The first-order valence-electron chi connectivity index (χ1n) is 13.7. The number of carbonyl (C=O) groups is 2. The van der Waals surface area contributed by atoms with Crippen molar-refractivity contribution < 1.29 is 32.2 Å². The summed E-state index contributed by atoms with van der Waals surface area (Å²) in [7, 11) is -3.71. The Hall–Kier alpha value is -2.21. The number of alkyl carbamates (subject to hydrolysis) is 1. The van der Waals surface area contributed by atoms with Gasteiger partial charge in [0.2, 0.25) is 0 Å². The Morgan fingerprint density at radius 2 is 1.87 bits per heavy atom. The molecule has 1 aromatic carbocycles. The summed E-state index contributed by atoms with van der Waals surface area (Å²) in [4.78, 5) is 25.7. The Morgan fingerprint density at radius 1 is 1.16 bits per heavy atom. The lowest BCUT2D eigenvalue weighted by Gasteiger charge is -2.24. The number of amides is 1. The second-order valence-corrected chi connectivity index (χ2v) is 12.0. The number of ether oxygens (including phenoxy) is 3. The summed E-state index contributed by atoms with van der Waals surface area (Å²) in [5.74, 6) is -1.42. The Bertz CT molecular complexity index is 961. The van der Waals surface area contributed by atoms with Crippen molar-refractivity contribution in [3.05, 3.63) is 35.4 Å².